The van der Waals surface area contributed by atoms with Crippen molar-refractivity contribution in [3.05, 3.63) is 59.9 Å². The number of hydrogen-bond acceptors (Lipinski definition) is 1. The first-order valence-electron chi connectivity index (χ1n) is 7.35. The highest BCUT2D eigenvalue weighted by Crippen LogP contribution is 2.21. The number of fused-ring (bicyclic) bond motifs is 1. The summed E-state index contributed by atoms with van der Waals surface area (Å²) in [6.45, 7) is 6.21. The molecule has 0 aliphatic heterocycles. The Balaban J connectivity index is 2.16. The molecule has 108 valence electrons. The van der Waals surface area contributed by atoms with Crippen LogP contribution in [0.1, 0.15) is 18.3 Å². The maximum atomic E-state index is 5.37. The minimum Gasteiger partial charge on any atom is -0.497 e. The molecule has 3 rings (SSSR count). The van der Waals surface area contributed by atoms with E-state index in [2.05, 4.69) is 65.4 Å². The van der Waals surface area contributed by atoms with Gasteiger partial charge in [0.15, 0.2) is 11.0 Å². The van der Waals surface area contributed by atoms with Gasteiger partial charge in [0.2, 0.25) is 0 Å². The number of hydrogen-bond donors (Lipinski definition) is 0. The lowest BCUT2D eigenvalue weighted by atomic mass is 10.2. The van der Waals surface area contributed by atoms with Crippen LogP contribution in [0.4, 0.5) is 0 Å². The van der Waals surface area contributed by atoms with Gasteiger partial charge in [0.1, 0.15) is 12.3 Å². The smallest absolute Gasteiger partial charge is 0.254 e. The molecule has 0 amide bonds. The molecule has 0 N–H and O–H groups in total. The number of aryl methyl sites for hydroxylation is 1. The molecular weight excluding hydrogens is 260 g/mol. The summed E-state index contributed by atoms with van der Waals surface area (Å²) in [6.07, 6.45) is 0. The van der Waals surface area contributed by atoms with E-state index in [1.807, 2.05) is 6.07 Å². The molecule has 0 aliphatic rings. The SMILES string of the molecule is CCn1c(C)[n+](Cc2ccccc2)c2ccc(OC)cc21. The van der Waals surface area contributed by atoms with Crippen LogP contribution in [0.5, 0.6) is 5.75 Å². The molecule has 0 fully saturated rings. The van der Waals surface area contributed by atoms with Crippen molar-refractivity contribution in [3.63, 3.8) is 0 Å². The second kappa shape index (κ2) is 5.60. The standard InChI is InChI=1S/C18H21N2O/c1-4-19-14(2)20(13-15-8-6-5-7-9-15)17-11-10-16(21-3)12-18(17)19/h5-12H,4,13H2,1-3H3/q+1. The molecule has 3 aromatic rings. The van der Waals surface area contributed by atoms with Crippen molar-refractivity contribution in [2.75, 3.05) is 7.11 Å². The Bertz CT molecular complexity index is 760. The summed E-state index contributed by atoms with van der Waals surface area (Å²) in [5.41, 5.74) is 3.79. The van der Waals surface area contributed by atoms with Crippen LogP contribution in [-0.4, -0.2) is 11.7 Å². The Morgan fingerprint density at radius 3 is 2.52 bits per heavy atom. The molecule has 3 heteroatoms. The second-order valence-corrected chi connectivity index (χ2v) is 5.22. The number of methoxy groups -OCH3 is 1. The molecule has 3 nitrogen and oxygen atoms in total. The van der Waals surface area contributed by atoms with Gasteiger partial charge < -0.3 is 4.74 Å². The zero-order valence-corrected chi connectivity index (χ0v) is 12.8. The first-order chi connectivity index (χ1) is 10.2. The van der Waals surface area contributed by atoms with Crippen molar-refractivity contribution in [2.24, 2.45) is 0 Å². The zero-order chi connectivity index (χ0) is 14.8. The highest BCUT2D eigenvalue weighted by molar-refractivity contribution is 5.74. The second-order valence-electron chi connectivity index (χ2n) is 5.22. The molecule has 0 atom stereocenters. The van der Waals surface area contributed by atoms with Gasteiger partial charge in [-0.3, -0.25) is 0 Å². The van der Waals surface area contributed by atoms with E-state index in [0.717, 1.165) is 18.8 Å². The quantitative estimate of drug-likeness (QED) is 0.671. The highest BCUT2D eigenvalue weighted by Gasteiger charge is 2.21. The minimum absolute atomic E-state index is 0.891. The summed E-state index contributed by atoms with van der Waals surface area (Å²) in [4.78, 5) is 0. The fourth-order valence-electron chi connectivity index (χ4n) is 2.93. The predicted molar refractivity (Wildman–Crippen MR) is 84.6 cm³/mol. The third kappa shape index (κ3) is 2.40. The predicted octanol–water partition coefficient (Wildman–Crippen LogP) is 3.31. The third-order valence-electron chi connectivity index (χ3n) is 4.05. The topological polar surface area (TPSA) is 18.0 Å². The van der Waals surface area contributed by atoms with Crippen molar-refractivity contribution >= 4 is 11.0 Å². The molecule has 0 radical (unpaired) electrons. The van der Waals surface area contributed by atoms with Gasteiger partial charge in [-0.15, -0.1) is 0 Å². The molecule has 21 heavy (non-hydrogen) atoms. The summed E-state index contributed by atoms with van der Waals surface area (Å²) < 4.78 is 10.1. The Morgan fingerprint density at radius 2 is 1.86 bits per heavy atom. The Hall–Kier alpha value is -2.29. The van der Waals surface area contributed by atoms with E-state index in [1.54, 1.807) is 7.11 Å². The number of rotatable bonds is 4. The fraction of sp³-hybridized carbons (Fsp3) is 0.278. The van der Waals surface area contributed by atoms with Crippen LogP contribution < -0.4 is 9.30 Å². The van der Waals surface area contributed by atoms with Crippen molar-refractivity contribution < 1.29 is 9.30 Å². The van der Waals surface area contributed by atoms with Gasteiger partial charge in [-0.05, 0) is 24.6 Å². The van der Waals surface area contributed by atoms with Crippen LogP contribution in [0.15, 0.2) is 48.5 Å². The molecule has 1 aromatic heterocycles. The Kier molecular flexibility index (Phi) is 3.65. The third-order valence-corrected chi connectivity index (χ3v) is 4.05. The number of aromatic nitrogens is 2. The average Bonchev–Trinajstić information content (AvgIpc) is 2.79. The number of imidazole rings is 1. The molecule has 0 unspecified atom stereocenters. The summed E-state index contributed by atoms with van der Waals surface area (Å²) in [5.74, 6) is 2.17. The molecule has 2 aromatic carbocycles. The molecule has 0 saturated carbocycles. The van der Waals surface area contributed by atoms with Crippen molar-refractivity contribution in [2.45, 2.75) is 26.9 Å². The van der Waals surface area contributed by atoms with Crippen molar-refractivity contribution in [3.8, 4) is 5.75 Å². The van der Waals surface area contributed by atoms with Crippen LogP contribution in [0, 0.1) is 6.92 Å². The minimum atomic E-state index is 0.891. The van der Waals surface area contributed by atoms with Gasteiger partial charge in [-0.1, -0.05) is 30.3 Å². The summed E-state index contributed by atoms with van der Waals surface area (Å²) in [5, 5.41) is 0. The average molecular weight is 281 g/mol. The van der Waals surface area contributed by atoms with E-state index < -0.39 is 0 Å². The summed E-state index contributed by atoms with van der Waals surface area (Å²) >= 11 is 0. The molecule has 1 heterocycles. The monoisotopic (exact) mass is 281 g/mol. The molecule has 0 bridgehead atoms. The van der Waals surface area contributed by atoms with E-state index in [-0.39, 0.29) is 0 Å². The van der Waals surface area contributed by atoms with E-state index in [4.69, 9.17) is 4.74 Å². The zero-order valence-electron chi connectivity index (χ0n) is 12.8. The van der Waals surface area contributed by atoms with Gasteiger partial charge in [0.05, 0.1) is 13.7 Å². The lowest BCUT2D eigenvalue weighted by Gasteiger charge is -2.01. The number of benzene rings is 2. The summed E-state index contributed by atoms with van der Waals surface area (Å²) in [6, 6.07) is 16.9. The maximum Gasteiger partial charge on any atom is 0.254 e. The van der Waals surface area contributed by atoms with Gasteiger partial charge in [0.25, 0.3) is 5.82 Å². The van der Waals surface area contributed by atoms with Crippen LogP contribution in [-0.2, 0) is 13.1 Å². The first kappa shape index (κ1) is 13.7. The Labute approximate surface area is 125 Å². The van der Waals surface area contributed by atoms with Crippen LogP contribution in [0.25, 0.3) is 11.0 Å². The van der Waals surface area contributed by atoms with Gasteiger partial charge in [-0.25, -0.2) is 9.13 Å². The fourth-order valence-corrected chi connectivity index (χ4v) is 2.93. The van der Waals surface area contributed by atoms with Crippen LogP contribution in [0.3, 0.4) is 0 Å². The van der Waals surface area contributed by atoms with Gasteiger partial charge in [-0.2, -0.15) is 0 Å². The Morgan fingerprint density at radius 1 is 1.10 bits per heavy atom. The lowest BCUT2D eigenvalue weighted by Crippen LogP contribution is -2.37. The summed E-state index contributed by atoms with van der Waals surface area (Å²) in [7, 11) is 1.71. The number of nitrogens with zero attached hydrogens (tertiary/aromatic N) is 2. The van der Waals surface area contributed by atoms with E-state index in [1.165, 1.54) is 22.4 Å². The van der Waals surface area contributed by atoms with E-state index in [9.17, 15) is 0 Å². The first-order valence-corrected chi connectivity index (χ1v) is 7.35. The maximum absolute atomic E-state index is 5.37. The van der Waals surface area contributed by atoms with Gasteiger partial charge >= 0.3 is 0 Å². The lowest BCUT2D eigenvalue weighted by molar-refractivity contribution is -0.669. The van der Waals surface area contributed by atoms with E-state index in [0.29, 0.717) is 0 Å². The van der Waals surface area contributed by atoms with Crippen LogP contribution in [0.2, 0.25) is 0 Å². The van der Waals surface area contributed by atoms with Crippen LogP contribution >= 0.6 is 0 Å². The van der Waals surface area contributed by atoms with Gasteiger partial charge in [0, 0.05) is 13.0 Å². The largest absolute Gasteiger partial charge is 0.497 e. The molecule has 0 aliphatic carbocycles. The molecule has 0 saturated heterocycles. The number of ether oxygens (including phenoxy) is 1. The normalized spacial score (nSPS) is 11.0. The van der Waals surface area contributed by atoms with Crippen molar-refractivity contribution in [1.29, 1.82) is 0 Å². The molecular formula is C18H21N2O+. The van der Waals surface area contributed by atoms with Crippen molar-refractivity contribution in [1.82, 2.24) is 4.57 Å². The van der Waals surface area contributed by atoms with E-state index >= 15 is 0 Å². The highest BCUT2D eigenvalue weighted by atomic mass is 16.5. The molecule has 0 spiro atoms.